The van der Waals surface area contributed by atoms with Gasteiger partial charge in [0.05, 0.1) is 10.6 Å². The van der Waals surface area contributed by atoms with Crippen LogP contribution < -0.4 is 0 Å². The summed E-state index contributed by atoms with van der Waals surface area (Å²) in [5.74, 6) is 0. The zero-order chi connectivity index (χ0) is 11.0. The molecule has 0 aliphatic rings. The Balaban J connectivity index is 3.11. The Labute approximate surface area is 100 Å². The molecule has 0 unspecified atom stereocenters. The van der Waals surface area contributed by atoms with Gasteiger partial charge in [-0.05, 0) is 19.8 Å². The van der Waals surface area contributed by atoms with Gasteiger partial charge in [-0.25, -0.2) is 0 Å². The predicted molar refractivity (Wildman–Crippen MR) is 68.5 cm³/mol. The quantitative estimate of drug-likeness (QED) is 0.280. The van der Waals surface area contributed by atoms with Crippen LogP contribution in [0, 0.1) is 0 Å². The van der Waals surface area contributed by atoms with Crippen LogP contribution in [0.5, 0.6) is 0 Å². The van der Waals surface area contributed by atoms with Gasteiger partial charge in [-0.15, -0.1) is 23.2 Å². The van der Waals surface area contributed by atoms with Gasteiger partial charge in [0.1, 0.15) is 0 Å². The van der Waals surface area contributed by atoms with Crippen molar-refractivity contribution in [3.63, 3.8) is 0 Å². The van der Waals surface area contributed by atoms with Crippen LogP contribution in [0.3, 0.4) is 0 Å². The molecular formula is C10H20Cl2OSi. The lowest BCUT2D eigenvalue weighted by Crippen LogP contribution is -2.11. The molecule has 0 N–H and O–H groups in total. The van der Waals surface area contributed by atoms with Crippen molar-refractivity contribution in [2.45, 2.75) is 36.6 Å². The van der Waals surface area contributed by atoms with E-state index in [1.165, 1.54) is 0 Å². The molecule has 0 atom stereocenters. The third-order valence-corrected chi connectivity index (χ3v) is 2.63. The largest absolute Gasteiger partial charge is 0.377 e. The first kappa shape index (κ1) is 14.5. The van der Waals surface area contributed by atoms with Crippen LogP contribution in [0.1, 0.15) is 32.6 Å². The lowest BCUT2D eigenvalue weighted by atomic mass is 10.2. The summed E-state index contributed by atoms with van der Waals surface area (Å²) < 4.78 is 4.94. The van der Waals surface area contributed by atoms with Gasteiger partial charge in [0, 0.05) is 16.8 Å². The van der Waals surface area contributed by atoms with Gasteiger partial charge in [-0.1, -0.05) is 25.0 Å². The fourth-order valence-corrected chi connectivity index (χ4v) is 1.68. The van der Waals surface area contributed by atoms with Gasteiger partial charge in [0.25, 0.3) is 0 Å². The first-order valence-electron chi connectivity index (χ1n) is 5.02. The standard InChI is InChI=1S/C10H20Cl2OSi/c1-9(2)8-13-7-5-3-4-6-10(11,12)14/h1,3-8H2,2,14H3. The monoisotopic (exact) mass is 254 g/mol. The summed E-state index contributed by atoms with van der Waals surface area (Å²) >= 11 is 11.8. The summed E-state index contributed by atoms with van der Waals surface area (Å²) in [5, 5.41) is 0. The van der Waals surface area contributed by atoms with Crippen molar-refractivity contribution in [3.8, 4) is 0 Å². The molecule has 0 fully saturated rings. The number of hydrogen-bond donors (Lipinski definition) is 0. The van der Waals surface area contributed by atoms with E-state index < -0.39 is 3.96 Å². The van der Waals surface area contributed by atoms with Crippen molar-refractivity contribution >= 4 is 33.4 Å². The summed E-state index contributed by atoms with van der Waals surface area (Å²) in [4.78, 5) is 0. The Hall–Kier alpha value is 0.497. The Bertz CT molecular complexity index is 166. The Morgan fingerprint density at radius 2 is 2.00 bits per heavy atom. The fraction of sp³-hybridized carbons (Fsp3) is 0.800. The smallest absolute Gasteiger partial charge is 0.0972 e. The number of ether oxygens (including phenoxy) is 1. The van der Waals surface area contributed by atoms with E-state index in [0.29, 0.717) is 6.61 Å². The highest BCUT2D eigenvalue weighted by molar-refractivity contribution is 6.65. The Morgan fingerprint density at radius 3 is 2.50 bits per heavy atom. The number of unbranched alkanes of at least 4 members (excludes halogenated alkanes) is 2. The molecule has 0 bridgehead atoms. The predicted octanol–water partition coefficient (Wildman–Crippen LogP) is 2.64. The molecule has 0 aliphatic carbocycles. The zero-order valence-corrected chi connectivity index (χ0v) is 12.6. The van der Waals surface area contributed by atoms with Crippen LogP contribution >= 0.6 is 23.2 Å². The molecule has 4 heteroatoms. The number of alkyl halides is 2. The maximum absolute atomic E-state index is 5.90. The first-order chi connectivity index (χ1) is 6.42. The molecule has 0 spiro atoms. The van der Waals surface area contributed by atoms with Crippen LogP contribution in [0.4, 0.5) is 0 Å². The second kappa shape index (κ2) is 7.75. The van der Waals surface area contributed by atoms with Crippen LogP contribution in [-0.4, -0.2) is 27.4 Å². The molecule has 0 aliphatic heterocycles. The topological polar surface area (TPSA) is 9.23 Å². The average Bonchev–Trinajstić information content (AvgIpc) is 2.00. The maximum atomic E-state index is 5.90. The SMILES string of the molecule is C=C(C)COCCCCCC([SiH3])(Cl)Cl. The molecule has 0 saturated heterocycles. The summed E-state index contributed by atoms with van der Waals surface area (Å²) in [6.45, 7) is 7.22. The third-order valence-electron chi connectivity index (χ3n) is 1.75. The summed E-state index contributed by atoms with van der Waals surface area (Å²) in [5.41, 5.74) is 1.07. The second-order valence-electron chi connectivity index (χ2n) is 3.89. The number of hydrogen-bond acceptors (Lipinski definition) is 1. The minimum absolute atomic E-state index is 0.432. The van der Waals surface area contributed by atoms with E-state index in [1.807, 2.05) is 6.92 Å². The van der Waals surface area contributed by atoms with Crippen molar-refractivity contribution in [2.24, 2.45) is 0 Å². The highest BCUT2D eigenvalue weighted by Crippen LogP contribution is 2.23. The van der Waals surface area contributed by atoms with E-state index in [9.17, 15) is 0 Å². The minimum Gasteiger partial charge on any atom is -0.377 e. The summed E-state index contributed by atoms with van der Waals surface area (Å²) in [6, 6.07) is 0. The first-order valence-corrected chi connectivity index (χ1v) is 6.77. The van der Waals surface area contributed by atoms with E-state index in [0.717, 1.165) is 48.1 Å². The van der Waals surface area contributed by atoms with Crippen molar-refractivity contribution in [3.05, 3.63) is 12.2 Å². The fourth-order valence-electron chi connectivity index (χ4n) is 1.06. The van der Waals surface area contributed by atoms with Crippen LogP contribution in [-0.2, 0) is 4.74 Å². The zero-order valence-electron chi connectivity index (χ0n) is 9.11. The minimum atomic E-state index is -0.432. The highest BCUT2D eigenvalue weighted by atomic mass is 35.5. The molecule has 1 nitrogen and oxygen atoms in total. The molecule has 0 aromatic heterocycles. The van der Waals surface area contributed by atoms with Gasteiger partial charge >= 0.3 is 0 Å². The summed E-state index contributed by atoms with van der Waals surface area (Å²) in [7, 11) is 0.833. The molecular weight excluding hydrogens is 235 g/mol. The second-order valence-corrected chi connectivity index (χ2v) is 8.73. The van der Waals surface area contributed by atoms with Crippen molar-refractivity contribution in [1.82, 2.24) is 0 Å². The lowest BCUT2D eigenvalue weighted by Gasteiger charge is -2.12. The maximum Gasteiger partial charge on any atom is 0.0972 e. The molecule has 14 heavy (non-hydrogen) atoms. The Kier molecular flexibility index (Phi) is 8.02. The van der Waals surface area contributed by atoms with Gasteiger partial charge in [-0.3, -0.25) is 0 Å². The van der Waals surface area contributed by atoms with E-state index in [-0.39, 0.29) is 0 Å². The van der Waals surface area contributed by atoms with Gasteiger partial charge in [0.15, 0.2) is 0 Å². The van der Waals surface area contributed by atoms with Crippen LogP contribution in [0.25, 0.3) is 0 Å². The lowest BCUT2D eigenvalue weighted by molar-refractivity contribution is 0.151. The normalized spacial score (nSPS) is 11.9. The number of rotatable bonds is 8. The molecule has 0 heterocycles. The molecule has 0 rings (SSSR count). The van der Waals surface area contributed by atoms with E-state index in [1.54, 1.807) is 0 Å². The van der Waals surface area contributed by atoms with E-state index in [4.69, 9.17) is 27.9 Å². The van der Waals surface area contributed by atoms with Crippen molar-refractivity contribution in [1.29, 1.82) is 0 Å². The average molecular weight is 255 g/mol. The summed E-state index contributed by atoms with van der Waals surface area (Å²) in [6.07, 6.45) is 4.22. The third kappa shape index (κ3) is 12.5. The molecule has 0 amide bonds. The van der Waals surface area contributed by atoms with Gasteiger partial charge < -0.3 is 4.74 Å². The molecule has 0 aromatic carbocycles. The van der Waals surface area contributed by atoms with Crippen LogP contribution in [0.2, 0.25) is 0 Å². The van der Waals surface area contributed by atoms with Gasteiger partial charge in [-0.2, -0.15) is 0 Å². The Morgan fingerprint density at radius 1 is 1.36 bits per heavy atom. The van der Waals surface area contributed by atoms with E-state index in [2.05, 4.69) is 6.58 Å². The van der Waals surface area contributed by atoms with Crippen molar-refractivity contribution < 1.29 is 4.74 Å². The number of halogens is 2. The van der Waals surface area contributed by atoms with Crippen LogP contribution in [0.15, 0.2) is 12.2 Å². The highest BCUT2D eigenvalue weighted by Gasteiger charge is 2.14. The molecule has 0 radical (unpaired) electrons. The molecule has 84 valence electrons. The van der Waals surface area contributed by atoms with E-state index >= 15 is 0 Å². The van der Waals surface area contributed by atoms with Gasteiger partial charge in [0.2, 0.25) is 0 Å². The molecule has 0 saturated carbocycles. The molecule has 0 aromatic rings. The van der Waals surface area contributed by atoms with Crippen molar-refractivity contribution in [2.75, 3.05) is 13.2 Å².